The Hall–Kier alpha value is -4.49. The van der Waals surface area contributed by atoms with Gasteiger partial charge >= 0.3 is 5.76 Å². The van der Waals surface area contributed by atoms with Crippen LogP contribution in [0.25, 0.3) is 34.2 Å². The van der Waals surface area contributed by atoms with Gasteiger partial charge in [0.2, 0.25) is 0 Å². The largest absolute Gasteiger partial charge is 0.439 e. The first kappa shape index (κ1) is 24.8. The normalized spacial score (nSPS) is 16.6. The maximum Gasteiger partial charge on any atom is 0.439 e. The summed E-state index contributed by atoms with van der Waals surface area (Å²) in [6.07, 6.45) is 9.72. The molecule has 5 aromatic rings. The molecule has 3 aromatic carbocycles. The van der Waals surface area contributed by atoms with Gasteiger partial charge in [0, 0.05) is 12.0 Å². The van der Waals surface area contributed by atoms with Gasteiger partial charge in [0.25, 0.3) is 0 Å². The lowest BCUT2D eigenvalue weighted by atomic mass is 9.87. The Balaban J connectivity index is 1.41. The molecule has 7 heteroatoms. The molecule has 3 heterocycles. The van der Waals surface area contributed by atoms with Crippen LogP contribution in [0.3, 0.4) is 0 Å². The van der Waals surface area contributed by atoms with Crippen molar-refractivity contribution in [1.82, 2.24) is 19.9 Å². The SMILES string of the molecule is CC/C(=C(\c1ccc(C=Cc2noc(=O)[nH]2)cc1)c1ccc2c(cnn2C2CCCCO2)c1)c1ccccc1. The number of H-pyrrole nitrogens is 1. The highest BCUT2D eigenvalue weighted by Crippen LogP contribution is 2.36. The van der Waals surface area contributed by atoms with E-state index in [1.165, 1.54) is 16.7 Å². The summed E-state index contributed by atoms with van der Waals surface area (Å²) < 4.78 is 12.6. The molecule has 1 aliphatic heterocycles. The Morgan fingerprint density at radius 1 is 1.00 bits per heavy atom. The zero-order valence-electron chi connectivity index (χ0n) is 21.8. The minimum Gasteiger partial charge on any atom is -0.356 e. The van der Waals surface area contributed by atoms with E-state index in [0.717, 1.165) is 59.9 Å². The molecule has 0 aliphatic carbocycles. The van der Waals surface area contributed by atoms with Gasteiger partial charge in [-0.25, -0.2) is 9.48 Å². The van der Waals surface area contributed by atoms with E-state index >= 15 is 0 Å². The molecule has 1 aliphatic rings. The Morgan fingerprint density at radius 2 is 1.82 bits per heavy atom. The van der Waals surface area contributed by atoms with Crippen LogP contribution in [-0.2, 0) is 4.74 Å². The van der Waals surface area contributed by atoms with Crippen LogP contribution in [0.15, 0.2) is 88.3 Å². The Labute approximate surface area is 226 Å². The van der Waals surface area contributed by atoms with Crippen LogP contribution in [0.1, 0.15) is 66.9 Å². The van der Waals surface area contributed by atoms with Gasteiger partial charge in [0.05, 0.1) is 11.7 Å². The molecule has 1 fully saturated rings. The van der Waals surface area contributed by atoms with E-state index in [2.05, 4.69) is 88.3 Å². The van der Waals surface area contributed by atoms with Crippen molar-refractivity contribution in [3.05, 3.63) is 118 Å². The van der Waals surface area contributed by atoms with E-state index in [-0.39, 0.29) is 6.23 Å². The van der Waals surface area contributed by atoms with E-state index in [4.69, 9.17) is 9.84 Å². The third-order valence-corrected chi connectivity index (χ3v) is 7.18. The Kier molecular flexibility index (Phi) is 7.06. The van der Waals surface area contributed by atoms with Gasteiger partial charge in [0.1, 0.15) is 0 Å². The summed E-state index contributed by atoms with van der Waals surface area (Å²) in [5.74, 6) is -0.184. The highest BCUT2D eigenvalue weighted by molar-refractivity contribution is 6.00. The van der Waals surface area contributed by atoms with Gasteiger partial charge in [-0.05, 0) is 77.3 Å². The summed E-state index contributed by atoms with van der Waals surface area (Å²) in [5, 5.41) is 9.50. The second-order valence-corrected chi connectivity index (χ2v) is 9.69. The molecule has 0 bridgehead atoms. The first-order valence-corrected chi connectivity index (χ1v) is 13.4. The van der Waals surface area contributed by atoms with Crippen molar-refractivity contribution in [2.75, 3.05) is 6.61 Å². The minimum atomic E-state index is -0.568. The minimum absolute atomic E-state index is 0.00307. The van der Waals surface area contributed by atoms with Crippen molar-refractivity contribution in [2.24, 2.45) is 0 Å². The second kappa shape index (κ2) is 11.1. The monoisotopic (exact) mass is 518 g/mol. The van der Waals surface area contributed by atoms with Crippen molar-refractivity contribution in [1.29, 1.82) is 0 Å². The first-order valence-electron chi connectivity index (χ1n) is 13.4. The Morgan fingerprint density at radius 3 is 2.54 bits per heavy atom. The lowest BCUT2D eigenvalue weighted by Crippen LogP contribution is -2.18. The molecule has 1 unspecified atom stereocenters. The van der Waals surface area contributed by atoms with Crippen molar-refractivity contribution in [3.8, 4) is 0 Å². The van der Waals surface area contributed by atoms with Crippen LogP contribution in [0, 0.1) is 0 Å². The quantitative estimate of drug-likeness (QED) is 0.236. The van der Waals surface area contributed by atoms with Crippen LogP contribution in [0.2, 0.25) is 0 Å². The van der Waals surface area contributed by atoms with Gasteiger partial charge in [-0.15, -0.1) is 0 Å². The van der Waals surface area contributed by atoms with E-state index < -0.39 is 5.76 Å². The zero-order valence-corrected chi connectivity index (χ0v) is 21.8. The molecule has 0 spiro atoms. The fraction of sp³-hybridized carbons (Fsp3) is 0.219. The molecule has 1 atom stereocenters. The molecule has 1 N–H and O–H groups in total. The number of hydrogen-bond acceptors (Lipinski definition) is 5. The summed E-state index contributed by atoms with van der Waals surface area (Å²) in [4.78, 5) is 13.7. The number of allylic oxidation sites excluding steroid dienone is 1. The molecular weight excluding hydrogens is 488 g/mol. The van der Waals surface area contributed by atoms with Crippen molar-refractivity contribution >= 4 is 34.2 Å². The molecule has 0 saturated carbocycles. The number of nitrogens with one attached hydrogen (secondary N) is 1. The van der Waals surface area contributed by atoms with Gasteiger partial charge in [-0.2, -0.15) is 5.10 Å². The molecule has 1 saturated heterocycles. The average Bonchev–Trinajstić information content (AvgIpc) is 3.61. The number of benzene rings is 3. The number of fused-ring (bicyclic) bond motifs is 1. The third-order valence-electron chi connectivity index (χ3n) is 7.18. The topological polar surface area (TPSA) is 85.9 Å². The lowest BCUT2D eigenvalue weighted by Gasteiger charge is -2.23. The van der Waals surface area contributed by atoms with Gasteiger partial charge in [-0.3, -0.25) is 9.51 Å². The van der Waals surface area contributed by atoms with Gasteiger partial charge in [0.15, 0.2) is 12.1 Å². The molecule has 0 amide bonds. The number of nitrogens with zero attached hydrogens (tertiary/aromatic N) is 3. The molecule has 2 aromatic heterocycles. The van der Waals surface area contributed by atoms with Crippen LogP contribution >= 0.6 is 0 Å². The first-order chi connectivity index (χ1) is 19.2. The van der Waals surface area contributed by atoms with Crippen LogP contribution < -0.4 is 5.76 Å². The molecule has 196 valence electrons. The van der Waals surface area contributed by atoms with Crippen LogP contribution in [0.5, 0.6) is 0 Å². The average molecular weight is 519 g/mol. The summed E-state index contributed by atoms with van der Waals surface area (Å²) in [6, 6.07) is 25.6. The van der Waals surface area contributed by atoms with Gasteiger partial charge in [-0.1, -0.05) is 78.8 Å². The van der Waals surface area contributed by atoms with Crippen LogP contribution in [0.4, 0.5) is 0 Å². The van der Waals surface area contributed by atoms with E-state index in [1.54, 1.807) is 6.08 Å². The summed E-state index contributed by atoms with van der Waals surface area (Å²) in [7, 11) is 0. The standard InChI is InChI=1S/C32H30N4O3/c1-2-27(23-8-4-3-5-9-23)31(24-14-11-22(12-15-24)13-18-29-34-32(37)39-35-29)25-16-17-28-26(20-25)21-33-36(28)30-10-6-7-19-38-30/h3-5,8-9,11-18,20-21,30H,2,6-7,10,19H2,1H3,(H,34,35,37)/b18-13?,31-27-. The van der Waals surface area contributed by atoms with Gasteiger partial charge < -0.3 is 4.74 Å². The third kappa shape index (κ3) is 5.26. The van der Waals surface area contributed by atoms with Crippen molar-refractivity contribution in [3.63, 3.8) is 0 Å². The molecular formula is C32H30N4O3. The van der Waals surface area contributed by atoms with Crippen molar-refractivity contribution < 1.29 is 9.26 Å². The van der Waals surface area contributed by atoms with E-state index in [0.29, 0.717) is 5.82 Å². The molecule has 0 radical (unpaired) electrons. The maximum atomic E-state index is 11.2. The second-order valence-electron chi connectivity index (χ2n) is 9.69. The van der Waals surface area contributed by atoms with E-state index in [9.17, 15) is 4.79 Å². The van der Waals surface area contributed by atoms with E-state index in [1.807, 2.05) is 23.0 Å². The summed E-state index contributed by atoms with van der Waals surface area (Å²) >= 11 is 0. The fourth-order valence-corrected chi connectivity index (χ4v) is 5.28. The number of aromatic nitrogens is 4. The Bertz CT molecular complexity index is 1680. The predicted octanol–water partition coefficient (Wildman–Crippen LogP) is 6.95. The van der Waals surface area contributed by atoms with Crippen molar-refractivity contribution in [2.45, 2.75) is 38.8 Å². The maximum absolute atomic E-state index is 11.2. The number of rotatable bonds is 7. The van der Waals surface area contributed by atoms with Crippen LogP contribution in [-0.4, -0.2) is 26.5 Å². The smallest absolute Gasteiger partial charge is 0.356 e. The molecule has 6 rings (SSSR count). The molecule has 7 nitrogen and oxygen atoms in total. The highest BCUT2D eigenvalue weighted by Gasteiger charge is 2.20. The molecule has 39 heavy (non-hydrogen) atoms. The lowest BCUT2D eigenvalue weighted by molar-refractivity contribution is -0.0366. The fourth-order valence-electron chi connectivity index (χ4n) is 5.28. The zero-order chi connectivity index (χ0) is 26.6. The number of hydrogen-bond donors (Lipinski definition) is 1. The summed E-state index contributed by atoms with van der Waals surface area (Å²) in [6.45, 7) is 2.99. The summed E-state index contributed by atoms with van der Waals surface area (Å²) in [5.41, 5.74) is 8.05. The predicted molar refractivity (Wildman–Crippen MR) is 154 cm³/mol. The number of aromatic amines is 1. The highest BCUT2D eigenvalue weighted by atomic mass is 16.5. The number of ether oxygens (including phenoxy) is 1.